The fourth-order valence-corrected chi connectivity index (χ4v) is 3.16. The fraction of sp³-hybridized carbons (Fsp3) is 0.360. The molecule has 32 heavy (non-hydrogen) atoms. The molecule has 0 bridgehead atoms. The Hall–Kier alpha value is -3.32. The quantitative estimate of drug-likeness (QED) is 0.490. The predicted molar refractivity (Wildman–Crippen MR) is 129 cm³/mol. The van der Waals surface area contributed by atoms with E-state index in [9.17, 15) is 4.79 Å². The molecular weight excluding hydrogens is 400 g/mol. The van der Waals surface area contributed by atoms with Crippen LogP contribution in [0.25, 0.3) is 11.3 Å². The van der Waals surface area contributed by atoms with Crippen LogP contribution in [0.5, 0.6) is 0 Å². The standard InChI is InChI=1S/C25H32N6O/c1-18(2)31-17-21(15-28-31)25-19(3)14-27-24(29-25)13-20-8-10-22(11-9-20)26-16-23(32)7-6-12-30(4)5/h6-11,14-15,17-18,26H,12-13,16H2,1-5H3/b7-6+. The first-order valence-electron chi connectivity index (χ1n) is 10.9. The molecule has 0 aliphatic rings. The van der Waals surface area contributed by atoms with Crippen molar-refractivity contribution in [2.24, 2.45) is 0 Å². The van der Waals surface area contributed by atoms with Gasteiger partial charge in [0.15, 0.2) is 5.78 Å². The van der Waals surface area contributed by atoms with Crippen LogP contribution in [-0.4, -0.2) is 57.6 Å². The molecule has 0 fully saturated rings. The molecule has 3 rings (SSSR count). The molecular formula is C25H32N6O. The van der Waals surface area contributed by atoms with Crippen LogP contribution in [0.15, 0.2) is 55.0 Å². The number of hydrogen-bond donors (Lipinski definition) is 1. The Morgan fingerprint density at radius 3 is 2.59 bits per heavy atom. The number of likely N-dealkylation sites (N-methyl/N-ethyl adjacent to an activating group) is 1. The highest BCUT2D eigenvalue weighted by Crippen LogP contribution is 2.22. The summed E-state index contributed by atoms with van der Waals surface area (Å²) in [5.74, 6) is 0.821. The highest BCUT2D eigenvalue weighted by atomic mass is 16.1. The summed E-state index contributed by atoms with van der Waals surface area (Å²) in [4.78, 5) is 23.3. The van der Waals surface area contributed by atoms with Gasteiger partial charge in [-0.15, -0.1) is 0 Å². The van der Waals surface area contributed by atoms with Crippen molar-refractivity contribution >= 4 is 11.5 Å². The topological polar surface area (TPSA) is 75.9 Å². The van der Waals surface area contributed by atoms with Crippen molar-refractivity contribution < 1.29 is 4.79 Å². The average Bonchev–Trinajstić information content (AvgIpc) is 3.25. The number of aryl methyl sites for hydroxylation is 1. The monoisotopic (exact) mass is 432 g/mol. The maximum Gasteiger partial charge on any atom is 0.174 e. The number of anilines is 1. The largest absolute Gasteiger partial charge is 0.378 e. The smallest absolute Gasteiger partial charge is 0.174 e. The molecule has 1 aromatic carbocycles. The van der Waals surface area contributed by atoms with Crippen molar-refractivity contribution in [3.05, 3.63) is 72.0 Å². The molecule has 2 heterocycles. The van der Waals surface area contributed by atoms with E-state index in [2.05, 4.69) is 29.2 Å². The van der Waals surface area contributed by atoms with E-state index in [1.165, 1.54) is 0 Å². The lowest BCUT2D eigenvalue weighted by atomic mass is 10.1. The third-order valence-corrected chi connectivity index (χ3v) is 4.98. The zero-order chi connectivity index (χ0) is 23.1. The molecule has 168 valence electrons. The Labute approximate surface area is 190 Å². The normalized spacial score (nSPS) is 11.6. The van der Waals surface area contributed by atoms with Gasteiger partial charge in [0.2, 0.25) is 0 Å². The maximum absolute atomic E-state index is 11.9. The van der Waals surface area contributed by atoms with E-state index in [1.54, 1.807) is 6.08 Å². The van der Waals surface area contributed by atoms with E-state index in [0.717, 1.165) is 40.4 Å². The number of aromatic nitrogens is 4. The van der Waals surface area contributed by atoms with Crippen LogP contribution >= 0.6 is 0 Å². The molecule has 0 radical (unpaired) electrons. The lowest BCUT2D eigenvalue weighted by molar-refractivity contribution is -0.113. The van der Waals surface area contributed by atoms with Gasteiger partial charge in [-0.1, -0.05) is 18.2 Å². The minimum absolute atomic E-state index is 0.0531. The number of ketones is 1. The average molecular weight is 433 g/mol. The molecule has 7 heteroatoms. The van der Waals surface area contributed by atoms with Crippen molar-refractivity contribution in [1.82, 2.24) is 24.6 Å². The minimum Gasteiger partial charge on any atom is -0.378 e. The zero-order valence-corrected chi connectivity index (χ0v) is 19.5. The maximum atomic E-state index is 11.9. The van der Waals surface area contributed by atoms with Gasteiger partial charge in [-0.2, -0.15) is 5.10 Å². The van der Waals surface area contributed by atoms with Gasteiger partial charge in [-0.3, -0.25) is 9.48 Å². The van der Waals surface area contributed by atoms with Crippen molar-refractivity contribution in [3.8, 4) is 11.3 Å². The van der Waals surface area contributed by atoms with Crippen molar-refractivity contribution in [3.63, 3.8) is 0 Å². The predicted octanol–water partition coefficient (Wildman–Crippen LogP) is 3.92. The molecule has 0 amide bonds. The van der Waals surface area contributed by atoms with Crippen LogP contribution in [-0.2, 0) is 11.2 Å². The van der Waals surface area contributed by atoms with Gasteiger partial charge in [-0.25, -0.2) is 9.97 Å². The Morgan fingerprint density at radius 2 is 1.94 bits per heavy atom. The van der Waals surface area contributed by atoms with Crippen molar-refractivity contribution in [2.45, 2.75) is 33.2 Å². The van der Waals surface area contributed by atoms with Gasteiger partial charge in [0.1, 0.15) is 5.82 Å². The van der Waals surface area contributed by atoms with Crippen LogP contribution in [0.4, 0.5) is 5.69 Å². The number of hydrogen-bond acceptors (Lipinski definition) is 6. The van der Waals surface area contributed by atoms with Crippen LogP contribution < -0.4 is 5.32 Å². The summed E-state index contributed by atoms with van der Waals surface area (Å²) in [5, 5.41) is 7.60. The van der Waals surface area contributed by atoms with Crippen LogP contribution in [0.1, 0.15) is 36.8 Å². The van der Waals surface area contributed by atoms with Crippen molar-refractivity contribution in [1.29, 1.82) is 0 Å². The number of nitrogens with one attached hydrogen (secondary N) is 1. The highest BCUT2D eigenvalue weighted by Gasteiger charge is 2.11. The summed E-state index contributed by atoms with van der Waals surface area (Å²) in [7, 11) is 3.94. The molecule has 0 saturated carbocycles. The van der Waals surface area contributed by atoms with E-state index in [-0.39, 0.29) is 12.3 Å². The molecule has 0 unspecified atom stereocenters. The summed E-state index contributed by atoms with van der Waals surface area (Å²) < 4.78 is 1.94. The molecule has 0 spiro atoms. The summed E-state index contributed by atoms with van der Waals surface area (Å²) in [6, 6.07) is 8.34. The molecule has 7 nitrogen and oxygen atoms in total. The first-order chi connectivity index (χ1) is 15.3. The van der Waals surface area contributed by atoms with Crippen LogP contribution in [0.2, 0.25) is 0 Å². The summed E-state index contributed by atoms with van der Waals surface area (Å²) in [6.07, 6.45) is 9.89. The molecule has 0 saturated heterocycles. The van der Waals surface area contributed by atoms with Gasteiger partial charge in [0.25, 0.3) is 0 Å². The van der Waals surface area contributed by atoms with E-state index in [0.29, 0.717) is 12.5 Å². The van der Waals surface area contributed by atoms with Crippen LogP contribution in [0.3, 0.4) is 0 Å². The second kappa shape index (κ2) is 10.8. The second-order valence-corrected chi connectivity index (χ2v) is 8.48. The molecule has 0 atom stereocenters. The molecule has 2 aromatic heterocycles. The van der Waals surface area contributed by atoms with E-state index >= 15 is 0 Å². The van der Waals surface area contributed by atoms with Gasteiger partial charge < -0.3 is 10.2 Å². The SMILES string of the molecule is Cc1cnc(Cc2ccc(NCC(=O)/C=C/CN(C)C)cc2)nc1-c1cnn(C(C)C)c1. The van der Waals surface area contributed by atoms with Crippen molar-refractivity contribution in [2.75, 3.05) is 32.5 Å². The molecule has 0 aliphatic carbocycles. The van der Waals surface area contributed by atoms with Gasteiger partial charge >= 0.3 is 0 Å². The summed E-state index contributed by atoms with van der Waals surface area (Å²) >= 11 is 0. The molecule has 1 N–H and O–H groups in total. The third-order valence-electron chi connectivity index (χ3n) is 4.98. The number of benzene rings is 1. The summed E-state index contributed by atoms with van der Waals surface area (Å²) in [6.45, 7) is 7.25. The second-order valence-electron chi connectivity index (χ2n) is 8.48. The number of nitrogens with zero attached hydrogens (tertiary/aromatic N) is 5. The molecule has 3 aromatic rings. The Bertz CT molecular complexity index is 1070. The Morgan fingerprint density at radius 1 is 1.19 bits per heavy atom. The van der Waals surface area contributed by atoms with E-state index < -0.39 is 0 Å². The third kappa shape index (κ3) is 6.59. The van der Waals surface area contributed by atoms with Gasteiger partial charge in [0, 0.05) is 42.7 Å². The zero-order valence-electron chi connectivity index (χ0n) is 19.5. The van der Waals surface area contributed by atoms with E-state index in [4.69, 9.17) is 4.98 Å². The van der Waals surface area contributed by atoms with Gasteiger partial charge in [0.05, 0.1) is 18.4 Å². The first kappa shape index (κ1) is 23.3. The highest BCUT2D eigenvalue weighted by molar-refractivity contribution is 5.93. The van der Waals surface area contributed by atoms with Gasteiger partial charge in [-0.05, 0) is 64.2 Å². The van der Waals surface area contributed by atoms with E-state index in [1.807, 2.05) is 79.5 Å². The first-order valence-corrected chi connectivity index (χ1v) is 10.9. The summed E-state index contributed by atoms with van der Waals surface area (Å²) in [5.41, 5.74) is 4.97. The molecule has 0 aliphatic heterocycles. The number of rotatable bonds is 10. The Balaban J connectivity index is 1.61. The lowest BCUT2D eigenvalue weighted by Crippen LogP contribution is -2.13. The van der Waals surface area contributed by atoms with Crippen LogP contribution in [0, 0.1) is 6.92 Å². The lowest BCUT2D eigenvalue weighted by Gasteiger charge is -2.08. The number of carbonyl (C=O) groups is 1. The number of carbonyl (C=O) groups excluding carboxylic acids is 1. The minimum atomic E-state index is 0.0531. The Kier molecular flexibility index (Phi) is 7.89. The fourth-order valence-electron chi connectivity index (χ4n) is 3.16.